The summed E-state index contributed by atoms with van der Waals surface area (Å²) in [6, 6.07) is 17.3. The molecule has 0 radical (unpaired) electrons. The van der Waals surface area contributed by atoms with Gasteiger partial charge in [-0.15, -0.1) is 0 Å². The van der Waals surface area contributed by atoms with Gasteiger partial charge < -0.3 is 9.64 Å². The van der Waals surface area contributed by atoms with Crippen molar-refractivity contribution in [3.8, 4) is 5.75 Å². The second-order valence-electron chi connectivity index (χ2n) is 7.75. The molecule has 3 aromatic carbocycles. The molecule has 0 fully saturated rings. The minimum Gasteiger partial charge on any atom is -0.494 e. The lowest BCUT2D eigenvalue weighted by atomic mass is 10.0. The van der Waals surface area contributed by atoms with Crippen molar-refractivity contribution in [3.05, 3.63) is 95.2 Å². The number of fused-ring (bicyclic) bond motifs is 1. The van der Waals surface area contributed by atoms with E-state index in [0.29, 0.717) is 37.0 Å². The smallest absolute Gasteiger partial charge is 0.282 e. The Balaban J connectivity index is 1.66. The molecule has 166 valence electrons. The molecular weight excluding hydrogens is 426 g/mol. The number of amides is 2. The number of hydrogen-bond acceptors (Lipinski definition) is 4. The number of para-hydroxylation sites is 1. The SMILES string of the molecule is CCOc1ccc(C2=C(N3CCc4ccccc43)C(=O)N(c3ccc(F)cc3F)C2=O)cc1. The Morgan fingerprint density at radius 3 is 2.39 bits per heavy atom. The number of benzene rings is 3. The third-order valence-corrected chi connectivity index (χ3v) is 5.82. The zero-order valence-electron chi connectivity index (χ0n) is 17.8. The molecular formula is C26H20F2N2O3. The van der Waals surface area contributed by atoms with Crippen LogP contribution in [0.5, 0.6) is 5.75 Å². The standard InChI is InChI=1S/C26H20F2N2O3/c1-2-33-19-10-7-17(8-11-19)23-24(29-14-13-16-5-3-4-6-21(16)29)26(32)30(25(23)31)22-12-9-18(27)15-20(22)28/h3-12,15H,2,13-14H2,1H3. The Hall–Kier alpha value is -4.00. The van der Waals surface area contributed by atoms with Crippen molar-refractivity contribution in [1.29, 1.82) is 0 Å². The van der Waals surface area contributed by atoms with E-state index in [1.165, 1.54) is 0 Å². The van der Waals surface area contributed by atoms with Gasteiger partial charge in [-0.3, -0.25) is 9.59 Å². The fraction of sp³-hybridized carbons (Fsp3) is 0.154. The molecule has 7 heteroatoms. The van der Waals surface area contributed by atoms with Crippen LogP contribution in [0, 0.1) is 11.6 Å². The Morgan fingerprint density at radius 1 is 0.909 bits per heavy atom. The van der Waals surface area contributed by atoms with Crippen molar-refractivity contribution in [3.63, 3.8) is 0 Å². The first-order valence-corrected chi connectivity index (χ1v) is 10.7. The molecule has 2 aliphatic rings. The lowest BCUT2D eigenvalue weighted by Crippen LogP contribution is -2.35. The molecule has 5 nitrogen and oxygen atoms in total. The van der Waals surface area contributed by atoms with E-state index < -0.39 is 23.4 Å². The van der Waals surface area contributed by atoms with Gasteiger partial charge in [0.15, 0.2) is 0 Å². The summed E-state index contributed by atoms with van der Waals surface area (Å²) >= 11 is 0. The van der Waals surface area contributed by atoms with Crippen LogP contribution in [0.15, 0.2) is 72.4 Å². The number of imide groups is 1. The second-order valence-corrected chi connectivity index (χ2v) is 7.75. The summed E-state index contributed by atoms with van der Waals surface area (Å²) in [6.07, 6.45) is 0.711. The van der Waals surface area contributed by atoms with Crippen LogP contribution in [0.1, 0.15) is 18.1 Å². The molecule has 3 aromatic rings. The molecule has 2 amide bonds. The second kappa shape index (κ2) is 8.16. The number of rotatable bonds is 5. The summed E-state index contributed by atoms with van der Waals surface area (Å²) in [5.41, 5.74) is 2.47. The maximum atomic E-state index is 14.6. The van der Waals surface area contributed by atoms with Gasteiger partial charge in [-0.1, -0.05) is 30.3 Å². The van der Waals surface area contributed by atoms with Crippen LogP contribution >= 0.6 is 0 Å². The van der Waals surface area contributed by atoms with E-state index in [0.717, 1.165) is 28.3 Å². The predicted molar refractivity (Wildman–Crippen MR) is 121 cm³/mol. The molecule has 0 saturated heterocycles. The van der Waals surface area contributed by atoms with Crippen molar-refractivity contribution in [2.75, 3.05) is 23.0 Å². The molecule has 0 spiro atoms. The fourth-order valence-corrected chi connectivity index (χ4v) is 4.37. The minimum absolute atomic E-state index is 0.170. The Kier molecular flexibility index (Phi) is 5.17. The van der Waals surface area contributed by atoms with Crippen molar-refractivity contribution < 1.29 is 23.1 Å². The molecule has 0 N–H and O–H groups in total. The highest BCUT2D eigenvalue weighted by Gasteiger charge is 2.44. The molecule has 5 rings (SSSR count). The monoisotopic (exact) mass is 446 g/mol. The third kappa shape index (κ3) is 3.46. The van der Waals surface area contributed by atoms with Gasteiger partial charge in [0.1, 0.15) is 23.1 Å². The minimum atomic E-state index is -0.981. The van der Waals surface area contributed by atoms with E-state index >= 15 is 0 Å². The quantitative estimate of drug-likeness (QED) is 0.533. The fourth-order valence-electron chi connectivity index (χ4n) is 4.37. The van der Waals surface area contributed by atoms with Crippen molar-refractivity contribution in [2.45, 2.75) is 13.3 Å². The number of halogens is 2. The number of carbonyl (C=O) groups is 2. The normalized spacial score (nSPS) is 15.5. The maximum Gasteiger partial charge on any atom is 0.282 e. The molecule has 0 bridgehead atoms. The molecule has 33 heavy (non-hydrogen) atoms. The zero-order chi connectivity index (χ0) is 23.1. The zero-order valence-corrected chi connectivity index (χ0v) is 17.8. The highest BCUT2D eigenvalue weighted by atomic mass is 19.1. The lowest BCUT2D eigenvalue weighted by Gasteiger charge is -2.22. The average molecular weight is 446 g/mol. The van der Waals surface area contributed by atoms with Crippen LogP contribution in [-0.2, 0) is 16.0 Å². The molecule has 0 saturated carbocycles. The third-order valence-electron chi connectivity index (χ3n) is 5.82. The van der Waals surface area contributed by atoms with E-state index in [-0.39, 0.29) is 17.0 Å². The van der Waals surface area contributed by atoms with Crippen molar-refractivity contribution in [1.82, 2.24) is 0 Å². The van der Waals surface area contributed by atoms with Crippen LogP contribution in [0.4, 0.5) is 20.2 Å². The topological polar surface area (TPSA) is 49.9 Å². The summed E-state index contributed by atoms with van der Waals surface area (Å²) in [7, 11) is 0. The first-order valence-electron chi connectivity index (χ1n) is 10.7. The predicted octanol–water partition coefficient (Wildman–Crippen LogP) is 4.71. The summed E-state index contributed by atoms with van der Waals surface area (Å²) in [4.78, 5) is 29.8. The Labute approximate surface area is 189 Å². The molecule has 0 unspecified atom stereocenters. The number of nitrogens with zero attached hydrogens (tertiary/aromatic N) is 2. The summed E-state index contributed by atoms with van der Waals surface area (Å²) in [5.74, 6) is -2.44. The van der Waals surface area contributed by atoms with E-state index in [2.05, 4.69) is 0 Å². The van der Waals surface area contributed by atoms with Crippen molar-refractivity contribution in [2.24, 2.45) is 0 Å². The Bertz CT molecular complexity index is 1300. The average Bonchev–Trinajstić information content (AvgIpc) is 3.33. The highest BCUT2D eigenvalue weighted by Crippen LogP contribution is 2.40. The van der Waals surface area contributed by atoms with Gasteiger partial charge in [-0.2, -0.15) is 0 Å². The number of carbonyl (C=O) groups excluding carboxylic acids is 2. The Morgan fingerprint density at radius 2 is 1.67 bits per heavy atom. The van der Waals surface area contributed by atoms with E-state index in [4.69, 9.17) is 4.74 Å². The van der Waals surface area contributed by atoms with Crippen LogP contribution in [-0.4, -0.2) is 25.0 Å². The first kappa shape index (κ1) is 20.9. The van der Waals surface area contributed by atoms with Gasteiger partial charge in [-0.05, 0) is 54.8 Å². The maximum absolute atomic E-state index is 14.6. The summed E-state index contributed by atoms with van der Waals surface area (Å²) in [5, 5.41) is 0. The molecule has 0 aromatic heterocycles. The number of hydrogen-bond donors (Lipinski definition) is 0. The van der Waals surface area contributed by atoms with Crippen LogP contribution in [0.25, 0.3) is 5.57 Å². The van der Waals surface area contributed by atoms with Crippen LogP contribution < -0.4 is 14.5 Å². The number of anilines is 2. The summed E-state index contributed by atoms with van der Waals surface area (Å²) < 4.78 is 33.6. The molecule has 0 aliphatic carbocycles. The van der Waals surface area contributed by atoms with E-state index in [1.807, 2.05) is 36.1 Å². The molecule has 0 atom stereocenters. The summed E-state index contributed by atoms with van der Waals surface area (Å²) in [6.45, 7) is 2.87. The van der Waals surface area contributed by atoms with E-state index in [9.17, 15) is 18.4 Å². The van der Waals surface area contributed by atoms with Crippen LogP contribution in [0.2, 0.25) is 0 Å². The lowest BCUT2D eigenvalue weighted by molar-refractivity contribution is -0.120. The number of ether oxygens (including phenoxy) is 1. The molecule has 2 aliphatic heterocycles. The highest BCUT2D eigenvalue weighted by molar-refractivity contribution is 6.46. The van der Waals surface area contributed by atoms with Gasteiger partial charge in [0.05, 0.1) is 17.9 Å². The van der Waals surface area contributed by atoms with Gasteiger partial charge in [-0.25, -0.2) is 13.7 Å². The van der Waals surface area contributed by atoms with E-state index in [1.54, 1.807) is 24.3 Å². The first-order chi connectivity index (χ1) is 16.0. The molecule has 2 heterocycles. The van der Waals surface area contributed by atoms with Gasteiger partial charge in [0, 0.05) is 18.3 Å². The van der Waals surface area contributed by atoms with Gasteiger partial charge in [0.2, 0.25) is 0 Å². The largest absolute Gasteiger partial charge is 0.494 e. The van der Waals surface area contributed by atoms with Crippen molar-refractivity contribution >= 4 is 28.8 Å². The van der Waals surface area contributed by atoms with Gasteiger partial charge in [0.25, 0.3) is 11.8 Å². The van der Waals surface area contributed by atoms with Gasteiger partial charge >= 0.3 is 0 Å². The van der Waals surface area contributed by atoms with Crippen LogP contribution in [0.3, 0.4) is 0 Å².